The van der Waals surface area contributed by atoms with E-state index in [1.165, 1.54) is 25.7 Å². The average Bonchev–Trinajstić information content (AvgIpc) is 3.82. The second kappa shape index (κ2) is 11.0. The summed E-state index contributed by atoms with van der Waals surface area (Å²) in [5.74, 6) is 2.48. The van der Waals surface area contributed by atoms with Gasteiger partial charge in [0.25, 0.3) is 0 Å². The minimum atomic E-state index is -0.525. The number of imidazole rings is 2. The van der Waals surface area contributed by atoms with Gasteiger partial charge >= 0.3 is 6.09 Å². The van der Waals surface area contributed by atoms with E-state index >= 15 is 0 Å². The third kappa shape index (κ3) is 5.66. The highest BCUT2D eigenvalue weighted by Gasteiger charge is 2.34. The van der Waals surface area contributed by atoms with E-state index in [-0.39, 0.29) is 12.1 Å². The number of benzene rings is 2. The van der Waals surface area contributed by atoms with Crippen LogP contribution in [0.2, 0.25) is 0 Å². The number of rotatable bonds is 5. The first-order valence-corrected chi connectivity index (χ1v) is 15.4. The Morgan fingerprint density at radius 1 is 0.767 bits per heavy atom. The van der Waals surface area contributed by atoms with E-state index in [0.717, 1.165) is 69.0 Å². The number of aromatic nitrogens is 5. The molecule has 2 fully saturated rings. The number of hydrogen-bond acceptors (Lipinski definition) is 5. The quantitative estimate of drug-likeness (QED) is 0.219. The fourth-order valence-electron chi connectivity index (χ4n) is 6.42. The van der Waals surface area contributed by atoms with Gasteiger partial charge in [-0.3, -0.25) is 9.88 Å². The summed E-state index contributed by atoms with van der Waals surface area (Å²) >= 11 is 0. The zero-order valence-electron chi connectivity index (χ0n) is 25.1. The number of fused-ring (bicyclic) bond motifs is 1. The lowest BCUT2D eigenvalue weighted by atomic mass is 10.0. The first kappa shape index (κ1) is 27.4. The number of hydrogen-bond donors (Lipinski definition) is 2. The molecule has 8 nitrogen and oxygen atoms in total. The Bertz CT molecular complexity index is 1760. The summed E-state index contributed by atoms with van der Waals surface area (Å²) in [6, 6.07) is 16.9. The number of ether oxygens (including phenoxy) is 1. The summed E-state index contributed by atoms with van der Waals surface area (Å²) in [6.07, 6.45) is 12.3. The van der Waals surface area contributed by atoms with E-state index < -0.39 is 5.60 Å². The first-order chi connectivity index (χ1) is 20.8. The normalized spacial score (nSPS) is 17.7. The van der Waals surface area contributed by atoms with Gasteiger partial charge in [-0.2, -0.15) is 0 Å². The van der Waals surface area contributed by atoms with Crippen molar-refractivity contribution in [3.8, 4) is 33.6 Å². The standard InChI is InChI=1S/C35H38N6O2/c1-35(2,3)43-34(42)41-16-6-9-31(41)33-38-20-29(40-33)23-12-10-22(11-13-23)27-17-25-14-15-26(18-28(25)36-19-27)30-21-37-32(39-30)24-7-4-5-8-24/h10-15,17-21,24,31H,4-9,16H2,1-3H3,(H,37,39)(H,38,40)/t31-/m0/s1. The molecule has 2 N–H and O–H groups in total. The highest BCUT2D eigenvalue weighted by molar-refractivity contribution is 5.87. The number of nitrogens with zero attached hydrogens (tertiary/aromatic N) is 4. The molecular formula is C35H38N6O2. The molecule has 2 aromatic carbocycles. The van der Waals surface area contributed by atoms with Crippen molar-refractivity contribution in [2.24, 2.45) is 0 Å². The lowest BCUT2D eigenvalue weighted by Crippen LogP contribution is -2.36. The van der Waals surface area contributed by atoms with Gasteiger partial charge < -0.3 is 14.7 Å². The monoisotopic (exact) mass is 574 g/mol. The van der Waals surface area contributed by atoms with Crippen molar-refractivity contribution in [1.29, 1.82) is 0 Å². The molecule has 1 aliphatic carbocycles. The van der Waals surface area contributed by atoms with Gasteiger partial charge in [0.15, 0.2) is 0 Å². The summed E-state index contributed by atoms with van der Waals surface area (Å²) in [4.78, 5) is 35.7. The fourth-order valence-corrected chi connectivity index (χ4v) is 6.42. The predicted octanol–water partition coefficient (Wildman–Crippen LogP) is 8.41. The van der Waals surface area contributed by atoms with Gasteiger partial charge in [-0.05, 0) is 69.7 Å². The van der Waals surface area contributed by atoms with Crippen LogP contribution in [0.1, 0.15) is 82.9 Å². The molecule has 0 bridgehead atoms. The van der Waals surface area contributed by atoms with Crippen LogP contribution in [-0.4, -0.2) is 48.1 Å². The molecule has 1 saturated heterocycles. The van der Waals surface area contributed by atoms with Crippen LogP contribution in [0, 0.1) is 0 Å². The van der Waals surface area contributed by atoms with E-state index in [4.69, 9.17) is 9.72 Å². The molecule has 1 saturated carbocycles. The number of nitrogens with one attached hydrogen (secondary N) is 2. The second-order valence-electron chi connectivity index (χ2n) is 12.9. The molecule has 43 heavy (non-hydrogen) atoms. The molecule has 220 valence electrons. The SMILES string of the molecule is CC(C)(C)OC(=O)N1CCC[C@H]1c1ncc(-c2ccc(-c3cnc4cc(-c5cnc(C6CCCC6)[nH]5)ccc4c3)cc2)[nH]1. The van der Waals surface area contributed by atoms with E-state index in [9.17, 15) is 4.79 Å². The van der Waals surface area contributed by atoms with Gasteiger partial charge in [0.2, 0.25) is 0 Å². The maximum absolute atomic E-state index is 12.8. The Morgan fingerprint density at radius 2 is 1.44 bits per heavy atom. The molecule has 7 rings (SSSR count). The highest BCUT2D eigenvalue weighted by Crippen LogP contribution is 2.35. The topological polar surface area (TPSA) is 99.8 Å². The smallest absolute Gasteiger partial charge is 0.410 e. The van der Waals surface area contributed by atoms with Crippen molar-refractivity contribution in [3.05, 3.63) is 78.8 Å². The lowest BCUT2D eigenvalue weighted by molar-refractivity contribution is 0.0218. The van der Waals surface area contributed by atoms with Gasteiger partial charge in [-0.1, -0.05) is 49.2 Å². The molecule has 4 heterocycles. The number of amides is 1. The number of carbonyl (C=O) groups is 1. The minimum Gasteiger partial charge on any atom is -0.444 e. The Labute approximate surface area is 251 Å². The number of likely N-dealkylation sites (tertiary alicyclic amines) is 1. The van der Waals surface area contributed by atoms with Crippen molar-refractivity contribution in [3.63, 3.8) is 0 Å². The summed E-state index contributed by atoms with van der Waals surface area (Å²) in [5.41, 5.74) is 6.74. The fraction of sp³-hybridized carbons (Fsp3) is 0.371. The number of H-pyrrole nitrogens is 2. The predicted molar refractivity (Wildman–Crippen MR) is 168 cm³/mol. The number of pyridine rings is 1. The molecule has 0 unspecified atom stereocenters. The molecule has 1 atom stereocenters. The van der Waals surface area contributed by atoms with Crippen LogP contribution in [0.4, 0.5) is 4.79 Å². The highest BCUT2D eigenvalue weighted by atomic mass is 16.6. The molecular weight excluding hydrogens is 536 g/mol. The van der Waals surface area contributed by atoms with Gasteiger partial charge in [-0.25, -0.2) is 14.8 Å². The maximum atomic E-state index is 12.8. The first-order valence-electron chi connectivity index (χ1n) is 15.4. The molecule has 0 radical (unpaired) electrons. The zero-order chi connectivity index (χ0) is 29.6. The Hall–Kier alpha value is -4.46. The van der Waals surface area contributed by atoms with Crippen LogP contribution < -0.4 is 0 Å². The number of aromatic amines is 2. The van der Waals surface area contributed by atoms with Gasteiger partial charge in [0, 0.05) is 35.2 Å². The Morgan fingerprint density at radius 3 is 2.21 bits per heavy atom. The van der Waals surface area contributed by atoms with Crippen molar-refractivity contribution in [1.82, 2.24) is 29.8 Å². The van der Waals surface area contributed by atoms with E-state index in [0.29, 0.717) is 12.5 Å². The van der Waals surface area contributed by atoms with Gasteiger partial charge in [0.05, 0.1) is 35.3 Å². The molecule has 3 aromatic heterocycles. The van der Waals surface area contributed by atoms with Crippen LogP contribution in [0.25, 0.3) is 44.5 Å². The molecule has 2 aliphatic rings. The Kier molecular flexibility index (Phi) is 7.00. The van der Waals surface area contributed by atoms with Gasteiger partial charge in [0.1, 0.15) is 17.2 Å². The van der Waals surface area contributed by atoms with Crippen LogP contribution in [0.3, 0.4) is 0 Å². The third-order valence-corrected chi connectivity index (χ3v) is 8.65. The lowest BCUT2D eigenvalue weighted by Gasteiger charge is -2.27. The molecule has 1 amide bonds. The van der Waals surface area contributed by atoms with Crippen LogP contribution in [0.15, 0.2) is 67.1 Å². The molecule has 0 spiro atoms. The van der Waals surface area contributed by atoms with Crippen LogP contribution in [0.5, 0.6) is 0 Å². The van der Waals surface area contributed by atoms with Crippen LogP contribution >= 0.6 is 0 Å². The van der Waals surface area contributed by atoms with Crippen molar-refractivity contribution < 1.29 is 9.53 Å². The summed E-state index contributed by atoms with van der Waals surface area (Å²) < 4.78 is 5.63. The molecule has 5 aromatic rings. The zero-order valence-corrected chi connectivity index (χ0v) is 25.1. The maximum Gasteiger partial charge on any atom is 0.410 e. The minimum absolute atomic E-state index is 0.102. The number of carbonyl (C=O) groups excluding carboxylic acids is 1. The van der Waals surface area contributed by atoms with Crippen molar-refractivity contribution in [2.45, 2.75) is 76.9 Å². The third-order valence-electron chi connectivity index (χ3n) is 8.65. The largest absolute Gasteiger partial charge is 0.444 e. The Balaban J connectivity index is 1.06. The average molecular weight is 575 g/mol. The molecule has 8 heteroatoms. The van der Waals surface area contributed by atoms with E-state index in [1.54, 1.807) is 4.90 Å². The summed E-state index contributed by atoms with van der Waals surface area (Å²) in [5, 5.41) is 1.10. The summed E-state index contributed by atoms with van der Waals surface area (Å²) in [7, 11) is 0. The van der Waals surface area contributed by atoms with Crippen molar-refractivity contribution >= 4 is 17.0 Å². The van der Waals surface area contributed by atoms with E-state index in [1.807, 2.05) is 39.4 Å². The van der Waals surface area contributed by atoms with Crippen LogP contribution in [-0.2, 0) is 4.74 Å². The molecule has 1 aliphatic heterocycles. The summed E-state index contributed by atoms with van der Waals surface area (Å²) in [6.45, 7) is 6.35. The van der Waals surface area contributed by atoms with Crippen molar-refractivity contribution in [2.75, 3.05) is 6.54 Å². The van der Waals surface area contributed by atoms with E-state index in [2.05, 4.69) is 68.5 Å². The second-order valence-corrected chi connectivity index (χ2v) is 12.9. The van der Waals surface area contributed by atoms with Gasteiger partial charge in [-0.15, -0.1) is 0 Å².